The Hall–Kier alpha value is -1.98. The fourth-order valence-electron chi connectivity index (χ4n) is 1.38. The monoisotopic (exact) mass is 271 g/mol. The summed E-state index contributed by atoms with van der Waals surface area (Å²) in [5.41, 5.74) is -0.730. The summed E-state index contributed by atoms with van der Waals surface area (Å²) in [6, 6.07) is 1.22. The molecule has 2 N–H and O–H groups in total. The molecular formula is C13H15F2NO3. The number of carbonyl (C=O) groups is 2. The average Bonchev–Trinajstić information content (AvgIpc) is 2.31. The van der Waals surface area contributed by atoms with Crippen LogP contribution < -0.4 is 5.32 Å². The minimum absolute atomic E-state index is 0.0403. The van der Waals surface area contributed by atoms with Gasteiger partial charge in [-0.25, -0.2) is 13.6 Å². The first-order valence-electron chi connectivity index (χ1n) is 5.77. The number of anilines is 1. The Kier molecular flexibility index (Phi) is 4.58. The van der Waals surface area contributed by atoms with Gasteiger partial charge in [0.05, 0.1) is 11.3 Å². The molecule has 0 aliphatic heterocycles. The third kappa shape index (κ3) is 3.49. The number of nitrogens with one attached hydrogen (secondary N) is 1. The molecule has 104 valence electrons. The number of benzene rings is 1. The Morgan fingerprint density at radius 3 is 2.16 bits per heavy atom. The molecule has 0 heterocycles. The number of aromatic carboxylic acids is 1. The molecule has 0 radical (unpaired) electrons. The number of halogens is 2. The van der Waals surface area contributed by atoms with E-state index in [1.165, 1.54) is 0 Å². The number of carboxylic acids is 1. The van der Waals surface area contributed by atoms with Gasteiger partial charge in [-0.1, -0.05) is 20.8 Å². The van der Waals surface area contributed by atoms with Crippen LogP contribution in [-0.4, -0.2) is 17.0 Å². The first kappa shape index (κ1) is 15.1. The highest BCUT2D eigenvalue weighted by atomic mass is 19.2. The lowest BCUT2D eigenvalue weighted by Crippen LogP contribution is -2.25. The summed E-state index contributed by atoms with van der Waals surface area (Å²) in [7, 11) is 0. The van der Waals surface area contributed by atoms with Gasteiger partial charge in [0.25, 0.3) is 0 Å². The maximum absolute atomic E-state index is 13.1. The van der Waals surface area contributed by atoms with Gasteiger partial charge in [-0.3, -0.25) is 4.79 Å². The zero-order valence-corrected chi connectivity index (χ0v) is 10.8. The Bertz CT molecular complexity index is 515. The minimum Gasteiger partial charge on any atom is -0.478 e. The van der Waals surface area contributed by atoms with E-state index < -0.39 is 29.1 Å². The molecule has 1 aromatic rings. The van der Waals surface area contributed by atoms with Crippen LogP contribution in [0.5, 0.6) is 0 Å². The first-order valence-corrected chi connectivity index (χ1v) is 5.77. The lowest BCUT2D eigenvalue weighted by Gasteiger charge is -2.16. The van der Waals surface area contributed by atoms with Gasteiger partial charge in [-0.05, 0) is 12.0 Å². The topological polar surface area (TPSA) is 66.4 Å². The van der Waals surface area contributed by atoms with E-state index >= 15 is 0 Å². The van der Waals surface area contributed by atoms with Crippen LogP contribution in [0.1, 0.15) is 31.1 Å². The van der Waals surface area contributed by atoms with E-state index in [0.29, 0.717) is 12.1 Å². The number of amides is 1. The summed E-state index contributed by atoms with van der Waals surface area (Å²) in [5, 5.41) is 11.2. The number of hydrogen-bond donors (Lipinski definition) is 2. The normalized spacial score (nSPS) is 12.3. The van der Waals surface area contributed by atoms with Crippen molar-refractivity contribution in [1.29, 1.82) is 0 Å². The molecule has 6 heteroatoms. The van der Waals surface area contributed by atoms with Crippen molar-refractivity contribution in [2.45, 2.75) is 20.8 Å². The lowest BCUT2D eigenvalue weighted by atomic mass is 9.97. The smallest absolute Gasteiger partial charge is 0.337 e. The minimum atomic E-state index is -1.44. The van der Waals surface area contributed by atoms with E-state index in [0.717, 1.165) is 0 Å². The second kappa shape index (κ2) is 5.77. The van der Waals surface area contributed by atoms with E-state index in [1.54, 1.807) is 6.92 Å². The first-order chi connectivity index (χ1) is 8.73. The van der Waals surface area contributed by atoms with Crippen LogP contribution >= 0.6 is 0 Å². The van der Waals surface area contributed by atoms with E-state index in [4.69, 9.17) is 5.11 Å². The maximum atomic E-state index is 13.1. The number of carboxylic acid groups (broad SMARTS) is 1. The predicted molar refractivity (Wildman–Crippen MR) is 65.9 cm³/mol. The standard InChI is InChI=1S/C13H15F2NO3/c1-6(2)7(3)12(17)16-11-5-10(15)9(14)4-8(11)13(18)19/h4-7H,1-3H3,(H,16,17)(H,18,19). The number of hydrogen-bond acceptors (Lipinski definition) is 2. The highest BCUT2D eigenvalue weighted by Crippen LogP contribution is 2.22. The Labute approximate surface area is 109 Å². The van der Waals surface area contributed by atoms with Gasteiger partial charge in [-0.2, -0.15) is 0 Å². The van der Waals surface area contributed by atoms with Crippen molar-refractivity contribution >= 4 is 17.6 Å². The van der Waals surface area contributed by atoms with Crippen molar-refractivity contribution in [2.75, 3.05) is 5.32 Å². The van der Waals surface area contributed by atoms with E-state index in [1.807, 2.05) is 13.8 Å². The van der Waals surface area contributed by atoms with Crippen molar-refractivity contribution in [2.24, 2.45) is 11.8 Å². The van der Waals surface area contributed by atoms with Gasteiger partial charge in [0.2, 0.25) is 5.91 Å². The van der Waals surface area contributed by atoms with Crippen LogP contribution in [0.15, 0.2) is 12.1 Å². The lowest BCUT2D eigenvalue weighted by molar-refractivity contribution is -0.120. The molecule has 1 amide bonds. The summed E-state index contributed by atoms with van der Waals surface area (Å²) in [6.45, 7) is 5.32. The molecule has 1 atom stereocenters. The summed E-state index contributed by atoms with van der Waals surface area (Å²) in [6.07, 6.45) is 0. The van der Waals surface area contributed by atoms with Gasteiger partial charge in [0, 0.05) is 12.0 Å². The second-order valence-electron chi connectivity index (χ2n) is 4.64. The van der Waals surface area contributed by atoms with Gasteiger partial charge in [-0.15, -0.1) is 0 Å². The Morgan fingerprint density at radius 2 is 1.68 bits per heavy atom. The summed E-state index contributed by atoms with van der Waals surface area (Å²) < 4.78 is 26.1. The SMILES string of the molecule is CC(C)C(C)C(=O)Nc1cc(F)c(F)cc1C(=O)O. The van der Waals surface area contributed by atoms with E-state index in [-0.39, 0.29) is 17.5 Å². The van der Waals surface area contributed by atoms with Gasteiger partial charge in [0.1, 0.15) is 0 Å². The van der Waals surface area contributed by atoms with Crippen LogP contribution in [-0.2, 0) is 4.79 Å². The highest BCUT2D eigenvalue weighted by molar-refractivity contribution is 6.01. The molecule has 4 nitrogen and oxygen atoms in total. The summed E-state index contributed by atoms with van der Waals surface area (Å²) in [4.78, 5) is 22.7. The van der Waals surface area contributed by atoms with Crippen LogP contribution in [0.3, 0.4) is 0 Å². The van der Waals surface area contributed by atoms with Crippen molar-refractivity contribution in [1.82, 2.24) is 0 Å². The molecule has 0 aliphatic rings. The molecule has 0 spiro atoms. The van der Waals surface area contributed by atoms with Crippen LogP contribution in [0.25, 0.3) is 0 Å². The number of carbonyl (C=O) groups excluding carboxylic acids is 1. The molecule has 0 aromatic heterocycles. The zero-order chi connectivity index (χ0) is 14.7. The van der Waals surface area contributed by atoms with E-state index in [9.17, 15) is 18.4 Å². The zero-order valence-electron chi connectivity index (χ0n) is 10.8. The molecule has 0 saturated heterocycles. The summed E-state index contributed by atoms with van der Waals surface area (Å²) in [5.74, 6) is -4.70. The van der Waals surface area contributed by atoms with Crippen molar-refractivity contribution in [3.05, 3.63) is 29.3 Å². The Balaban J connectivity index is 3.10. The highest BCUT2D eigenvalue weighted by Gasteiger charge is 2.21. The van der Waals surface area contributed by atoms with Crippen molar-refractivity contribution < 1.29 is 23.5 Å². The largest absolute Gasteiger partial charge is 0.478 e. The van der Waals surface area contributed by atoms with Crippen LogP contribution in [0.4, 0.5) is 14.5 Å². The predicted octanol–water partition coefficient (Wildman–Crippen LogP) is 2.89. The van der Waals surface area contributed by atoms with Crippen LogP contribution in [0.2, 0.25) is 0 Å². The fourth-order valence-corrected chi connectivity index (χ4v) is 1.38. The fraction of sp³-hybridized carbons (Fsp3) is 0.385. The third-order valence-corrected chi connectivity index (χ3v) is 2.96. The second-order valence-corrected chi connectivity index (χ2v) is 4.64. The van der Waals surface area contributed by atoms with Crippen molar-refractivity contribution in [3.8, 4) is 0 Å². The average molecular weight is 271 g/mol. The molecule has 1 unspecified atom stereocenters. The molecule has 0 fully saturated rings. The molecule has 0 bridgehead atoms. The van der Waals surface area contributed by atoms with Crippen molar-refractivity contribution in [3.63, 3.8) is 0 Å². The molecule has 0 aliphatic carbocycles. The summed E-state index contributed by atoms with van der Waals surface area (Å²) >= 11 is 0. The Morgan fingerprint density at radius 1 is 1.16 bits per heavy atom. The maximum Gasteiger partial charge on any atom is 0.337 e. The molecular weight excluding hydrogens is 256 g/mol. The van der Waals surface area contributed by atoms with Crippen LogP contribution in [0, 0.1) is 23.5 Å². The molecule has 19 heavy (non-hydrogen) atoms. The van der Waals surface area contributed by atoms with E-state index in [2.05, 4.69) is 5.32 Å². The van der Waals surface area contributed by atoms with Gasteiger partial charge < -0.3 is 10.4 Å². The molecule has 0 saturated carbocycles. The molecule has 1 aromatic carbocycles. The van der Waals surface area contributed by atoms with Gasteiger partial charge >= 0.3 is 5.97 Å². The quantitative estimate of drug-likeness (QED) is 0.884. The molecule has 1 rings (SSSR count). The number of rotatable bonds is 4. The van der Waals surface area contributed by atoms with Gasteiger partial charge in [0.15, 0.2) is 11.6 Å². The third-order valence-electron chi connectivity index (χ3n) is 2.96.